The number of thioether (sulfide) groups is 1. The Hall–Kier alpha value is -3.82. The van der Waals surface area contributed by atoms with E-state index >= 15 is 0 Å². The minimum atomic E-state index is -1.04. The minimum absolute atomic E-state index is 0.00656. The number of ether oxygens (including phenoxy) is 1. The molecule has 0 atom stereocenters. The van der Waals surface area contributed by atoms with Gasteiger partial charge in [-0.15, -0.1) is 0 Å². The van der Waals surface area contributed by atoms with Crippen LogP contribution in [0.1, 0.15) is 44.0 Å². The van der Waals surface area contributed by atoms with Crippen LogP contribution in [0.3, 0.4) is 0 Å². The Morgan fingerprint density at radius 1 is 1.10 bits per heavy atom. The second-order valence-electron chi connectivity index (χ2n) is 9.84. The molecule has 1 aromatic heterocycles. The van der Waals surface area contributed by atoms with E-state index in [-0.39, 0.29) is 12.8 Å². The van der Waals surface area contributed by atoms with Gasteiger partial charge >= 0.3 is 5.97 Å². The summed E-state index contributed by atoms with van der Waals surface area (Å²) in [5.74, 6) is -1.08. The first-order valence-electron chi connectivity index (χ1n) is 13.7. The van der Waals surface area contributed by atoms with Gasteiger partial charge < -0.3 is 24.6 Å². The van der Waals surface area contributed by atoms with Gasteiger partial charge in [-0.05, 0) is 60.6 Å². The number of anilines is 1. The molecule has 7 nitrogen and oxygen atoms in total. The molecule has 1 aliphatic rings. The van der Waals surface area contributed by atoms with Crippen molar-refractivity contribution in [1.29, 1.82) is 0 Å². The maximum Gasteiger partial charge on any atom is 0.303 e. The van der Waals surface area contributed by atoms with E-state index in [1.54, 1.807) is 30.2 Å². The maximum atomic E-state index is 11.2. The normalized spacial score (nSPS) is 14.2. The van der Waals surface area contributed by atoms with E-state index in [2.05, 4.69) is 52.8 Å². The summed E-state index contributed by atoms with van der Waals surface area (Å²) < 4.78 is 8.85. The summed E-state index contributed by atoms with van der Waals surface area (Å²) in [7, 11) is 1.64. The van der Waals surface area contributed by atoms with E-state index < -0.39 is 11.9 Å². The fourth-order valence-electron chi connectivity index (χ4n) is 5.08. The van der Waals surface area contributed by atoms with Crippen LogP contribution < -0.4 is 19.3 Å². The Morgan fingerprint density at radius 3 is 2.68 bits per heavy atom. The van der Waals surface area contributed by atoms with Gasteiger partial charge in [-0.1, -0.05) is 54.3 Å². The molecule has 3 aromatic carbocycles. The van der Waals surface area contributed by atoms with E-state index in [4.69, 9.17) is 4.74 Å². The van der Waals surface area contributed by atoms with Crippen molar-refractivity contribution in [3.05, 3.63) is 76.3 Å². The minimum Gasteiger partial charge on any atom is -0.550 e. The number of hydrogen-bond donors (Lipinski definition) is 1. The number of hydrogen-bond acceptors (Lipinski definition) is 7. The number of benzene rings is 3. The van der Waals surface area contributed by atoms with Crippen molar-refractivity contribution in [2.75, 3.05) is 18.6 Å². The van der Waals surface area contributed by atoms with Crippen molar-refractivity contribution in [3.8, 4) is 5.75 Å². The van der Waals surface area contributed by atoms with Gasteiger partial charge in [0.25, 0.3) is 5.01 Å². The molecule has 4 aromatic rings. The van der Waals surface area contributed by atoms with Gasteiger partial charge in [0.05, 0.1) is 23.2 Å². The molecule has 0 fully saturated rings. The zero-order valence-electron chi connectivity index (χ0n) is 23.1. The van der Waals surface area contributed by atoms with Gasteiger partial charge in [-0.3, -0.25) is 4.79 Å². The Kier molecular flexibility index (Phi) is 8.95. The van der Waals surface area contributed by atoms with Crippen LogP contribution >= 0.6 is 23.1 Å². The van der Waals surface area contributed by atoms with Crippen LogP contribution in [0.4, 0.5) is 5.69 Å². The number of aromatic nitrogens is 1. The van der Waals surface area contributed by atoms with Crippen LogP contribution in [-0.2, 0) is 16.1 Å². The summed E-state index contributed by atoms with van der Waals surface area (Å²) in [6.07, 6.45) is 6.29. The molecule has 0 spiro atoms. The molecule has 1 N–H and O–H groups in total. The van der Waals surface area contributed by atoms with Gasteiger partial charge in [0.1, 0.15) is 10.4 Å². The summed E-state index contributed by atoms with van der Waals surface area (Å²) in [4.78, 5) is 25.7. The van der Waals surface area contributed by atoms with Crippen molar-refractivity contribution in [3.63, 3.8) is 0 Å². The van der Waals surface area contributed by atoms with Gasteiger partial charge in [0.15, 0.2) is 6.54 Å². The highest BCUT2D eigenvalue weighted by Crippen LogP contribution is 2.48. The van der Waals surface area contributed by atoms with Crippen LogP contribution in [0.15, 0.2) is 76.2 Å². The van der Waals surface area contributed by atoms with Crippen LogP contribution in [0, 0.1) is 0 Å². The topological polar surface area (TPSA) is 93.8 Å². The number of allylic oxidation sites excluding steroid dienone is 2. The first-order chi connectivity index (χ1) is 19.9. The quantitative estimate of drug-likeness (QED) is 0.203. The second kappa shape index (κ2) is 12.8. The zero-order valence-corrected chi connectivity index (χ0v) is 24.7. The lowest BCUT2D eigenvalue weighted by Gasteiger charge is -2.21. The number of fused-ring (bicyclic) bond motifs is 4. The molecule has 0 radical (unpaired) electrons. The largest absolute Gasteiger partial charge is 0.550 e. The summed E-state index contributed by atoms with van der Waals surface area (Å²) in [6.45, 7) is 3.28. The van der Waals surface area contributed by atoms with E-state index in [1.165, 1.54) is 0 Å². The number of aliphatic carboxylic acids is 2. The zero-order chi connectivity index (χ0) is 28.9. The lowest BCUT2D eigenvalue weighted by molar-refractivity contribution is -0.668. The fraction of sp³-hybridized carbons (Fsp3) is 0.281. The molecule has 5 rings (SSSR count). The molecule has 1 aliphatic heterocycles. The third-order valence-corrected chi connectivity index (χ3v) is 9.32. The molecular formula is C32H32N2O5S2. The number of carbonyl (C=O) groups excluding carboxylic acids is 1. The van der Waals surface area contributed by atoms with Crippen LogP contribution in [-0.4, -0.2) is 30.7 Å². The molecule has 9 heteroatoms. The molecule has 0 bridgehead atoms. The van der Waals surface area contributed by atoms with Gasteiger partial charge in [0.2, 0.25) is 5.52 Å². The average Bonchev–Trinajstić information content (AvgIpc) is 3.49. The second-order valence-corrected chi connectivity index (χ2v) is 12.0. The SMILES string of the molecule is CCC(=Cc1sc2ccc3ccccc3c2[n+]1CCCC(=O)[O-])C=C1Sc2ccc(OC)cc2N1CCCC(=O)O. The van der Waals surface area contributed by atoms with Crippen LogP contribution in [0.5, 0.6) is 5.75 Å². The molecule has 41 heavy (non-hydrogen) atoms. The molecule has 0 amide bonds. The molecule has 0 aliphatic carbocycles. The number of methoxy groups -OCH3 is 1. The molecule has 0 saturated carbocycles. The third-order valence-electron chi connectivity index (χ3n) is 7.11. The summed E-state index contributed by atoms with van der Waals surface area (Å²) in [6, 6.07) is 18.5. The summed E-state index contributed by atoms with van der Waals surface area (Å²) in [5, 5.41) is 24.8. The Bertz CT molecular complexity index is 1670. The van der Waals surface area contributed by atoms with Crippen molar-refractivity contribution < 1.29 is 29.1 Å². The van der Waals surface area contributed by atoms with Gasteiger partial charge in [-0.25, -0.2) is 0 Å². The summed E-state index contributed by atoms with van der Waals surface area (Å²) in [5.41, 5.74) is 3.26. The van der Waals surface area contributed by atoms with Crippen molar-refractivity contribution >= 4 is 67.8 Å². The number of thiazole rings is 1. The predicted molar refractivity (Wildman–Crippen MR) is 163 cm³/mol. The average molecular weight is 589 g/mol. The first kappa shape index (κ1) is 28.7. The number of carboxylic acids is 2. The molecule has 0 saturated heterocycles. The number of aryl methyl sites for hydroxylation is 1. The van der Waals surface area contributed by atoms with E-state index in [0.717, 1.165) is 59.4 Å². The Balaban J connectivity index is 1.56. The van der Waals surface area contributed by atoms with Crippen molar-refractivity contribution in [2.45, 2.75) is 50.5 Å². The Labute approximate surface area is 247 Å². The molecule has 2 heterocycles. The van der Waals surface area contributed by atoms with Gasteiger partial charge in [0, 0.05) is 42.4 Å². The molecular weight excluding hydrogens is 556 g/mol. The lowest BCUT2D eigenvalue weighted by Crippen LogP contribution is -2.36. The molecule has 212 valence electrons. The van der Waals surface area contributed by atoms with Crippen molar-refractivity contribution in [2.24, 2.45) is 0 Å². The highest BCUT2D eigenvalue weighted by atomic mass is 32.2. The number of rotatable bonds is 12. The Morgan fingerprint density at radius 2 is 1.93 bits per heavy atom. The molecule has 0 unspecified atom stereocenters. The van der Waals surface area contributed by atoms with E-state index in [9.17, 15) is 19.8 Å². The fourth-order valence-corrected chi connectivity index (χ4v) is 7.41. The predicted octanol–water partition coefficient (Wildman–Crippen LogP) is 5.99. The number of nitrogens with zero attached hydrogens (tertiary/aromatic N) is 2. The summed E-state index contributed by atoms with van der Waals surface area (Å²) >= 11 is 3.37. The lowest BCUT2D eigenvalue weighted by atomic mass is 10.1. The van der Waals surface area contributed by atoms with Crippen LogP contribution in [0.2, 0.25) is 0 Å². The standard InChI is InChI=1S/C32H32N2O5S2/c1-3-21(18-28-33(16-6-10-30(35)36)25-20-23(39-2)13-15-26(25)40-28)19-29-34(17-7-11-31(37)38)32-24-9-5-4-8-22(24)12-14-27(32)41-29/h4-5,8-9,12-15,18-20H,3,6-7,10-11,16-17H2,1-2H3,(H-,35,36,37,38). The van der Waals surface area contributed by atoms with Gasteiger partial charge in [-0.2, -0.15) is 4.57 Å². The number of carbonyl (C=O) groups is 2. The van der Waals surface area contributed by atoms with Crippen molar-refractivity contribution in [1.82, 2.24) is 0 Å². The third kappa shape index (κ3) is 6.41. The highest BCUT2D eigenvalue weighted by molar-refractivity contribution is 8.03. The number of carboxylic acid groups (broad SMARTS) is 2. The highest BCUT2D eigenvalue weighted by Gasteiger charge is 2.27. The smallest absolute Gasteiger partial charge is 0.303 e. The van der Waals surface area contributed by atoms with E-state index in [0.29, 0.717) is 25.9 Å². The first-order valence-corrected chi connectivity index (χ1v) is 15.3. The maximum absolute atomic E-state index is 11.2. The van der Waals surface area contributed by atoms with E-state index in [1.807, 2.05) is 30.3 Å². The monoisotopic (exact) mass is 588 g/mol. The van der Waals surface area contributed by atoms with Crippen LogP contribution in [0.25, 0.3) is 27.1 Å².